The first-order valence-electron chi connectivity index (χ1n) is 4.99. The highest BCUT2D eigenvalue weighted by molar-refractivity contribution is 6.01. The predicted molar refractivity (Wildman–Crippen MR) is 58.1 cm³/mol. The molecule has 0 spiro atoms. The van der Waals surface area contributed by atoms with Gasteiger partial charge in [0.25, 0.3) is 5.91 Å². The second-order valence-electron chi connectivity index (χ2n) is 3.73. The molecule has 1 saturated heterocycles. The number of carbonyl (C=O) groups excluding carboxylic acids is 1. The maximum atomic E-state index is 11.8. The van der Waals surface area contributed by atoms with Gasteiger partial charge in [0.05, 0.1) is 11.3 Å². The number of amides is 1. The number of fused-ring (bicyclic) bond motifs is 1. The lowest BCUT2D eigenvalue weighted by Gasteiger charge is -2.12. The summed E-state index contributed by atoms with van der Waals surface area (Å²) in [6.45, 7) is 0. The molecule has 15 heavy (non-hydrogen) atoms. The first-order chi connectivity index (χ1) is 7.36. The van der Waals surface area contributed by atoms with Gasteiger partial charge in [-0.05, 0) is 24.6 Å². The summed E-state index contributed by atoms with van der Waals surface area (Å²) >= 11 is 0. The zero-order valence-electron chi connectivity index (χ0n) is 8.10. The van der Waals surface area contributed by atoms with Crippen LogP contribution in [0, 0.1) is 5.92 Å². The third-order valence-electron chi connectivity index (χ3n) is 2.84. The summed E-state index contributed by atoms with van der Waals surface area (Å²) in [4.78, 5) is 16.0. The van der Waals surface area contributed by atoms with E-state index in [-0.39, 0.29) is 11.8 Å². The monoisotopic (exact) mass is 198 g/mol. The summed E-state index contributed by atoms with van der Waals surface area (Å²) in [5, 5.41) is 2.89. The Morgan fingerprint density at radius 3 is 3.13 bits per heavy atom. The topological polar surface area (TPSA) is 41.5 Å². The van der Waals surface area contributed by atoms with Crippen LogP contribution in [0.15, 0.2) is 52.3 Å². The fourth-order valence-electron chi connectivity index (χ4n) is 2.14. The molecule has 0 aromatic rings. The first kappa shape index (κ1) is 8.41. The molecule has 1 N–H and O–H groups in total. The largest absolute Gasteiger partial charge is 0.325 e. The summed E-state index contributed by atoms with van der Waals surface area (Å²) in [7, 11) is 0. The van der Waals surface area contributed by atoms with Crippen molar-refractivity contribution in [2.45, 2.75) is 6.42 Å². The summed E-state index contributed by atoms with van der Waals surface area (Å²) in [6.07, 6.45) is 12.4. The minimum absolute atomic E-state index is 0.00588. The van der Waals surface area contributed by atoms with E-state index in [1.165, 1.54) is 0 Å². The van der Waals surface area contributed by atoms with Gasteiger partial charge in [-0.25, -0.2) is 0 Å². The number of hydrogen-bond acceptors (Lipinski definition) is 2. The second kappa shape index (κ2) is 3.05. The molecule has 3 rings (SSSR count). The van der Waals surface area contributed by atoms with Crippen molar-refractivity contribution in [3.05, 3.63) is 47.3 Å². The van der Waals surface area contributed by atoms with Crippen LogP contribution in [0.5, 0.6) is 0 Å². The van der Waals surface area contributed by atoms with Crippen LogP contribution in [0.1, 0.15) is 6.42 Å². The molecule has 3 nitrogen and oxygen atoms in total. The average molecular weight is 198 g/mol. The second-order valence-corrected chi connectivity index (χ2v) is 3.73. The minimum atomic E-state index is -0.00588. The van der Waals surface area contributed by atoms with Crippen molar-refractivity contribution in [3.8, 4) is 0 Å². The smallest absolute Gasteiger partial charge is 0.254 e. The number of nitrogens with one attached hydrogen (secondary N) is 1. The predicted octanol–water partition coefficient (Wildman–Crippen LogP) is 1.47. The standard InChI is InChI=1S/C12H10N2O/c15-12-11(10-6-3-7-13-10)8-4-1-2-5-9(8)14-12/h1-3,5-8H,4H2,(H,14,15). The molecular weight excluding hydrogens is 188 g/mol. The highest BCUT2D eigenvalue weighted by Gasteiger charge is 2.35. The molecule has 1 atom stereocenters. The zero-order valence-corrected chi connectivity index (χ0v) is 8.10. The number of hydrogen-bond donors (Lipinski definition) is 1. The van der Waals surface area contributed by atoms with Gasteiger partial charge < -0.3 is 5.32 Å². The van der Waals surface area contributed by atoms with Crippen molar-refractivity contribution in [1.82, 2.24) is 5.32 Å². The Kier molecular flexibility index (Phi) is 1.71. The van der Waals surface area contributed by atoms with Crippen LogP contribution in [0.2, 0.25) is 0 Å². The van der Waals surface area contributed by atoms with Gasteiger partial charge in [-0.3, -0.25) is 9.79 Å². The normalized spacial score (nSPS) is 31.9. The van der Waals surface area contributed by atoms with Gasteiger partial charge in [0.2, 0.25) is 0 Å². The number of nitrogens with zero attached hydrogens (tertiary/aromatic N) is 1. The van der Waals surface area contributed by atoms with E-state index in [1.807, 2.05) is 24.3 Å². The van der Waals surface area contributed by atoms with E-state index in [2.05, 4.69) is 16.4 Å². The van der Waals surface area contributed by atoms with Crippen molar-refractivity contribution in [3.63, 3.8) is 0 Å². The Bertz CT molecular complexity index is 464. The van der Waals surface area contributed by atoms with Crippen LogP contribution in [-0.4, -0.2) is 12.1 Å². The van der Waals surface area contributed by atoms with E-state index in [9.17, 15) is 4.79 Å². The van der Waals surface area contributed by atoms with E-state index in [4.69, 9.17) is 0 Å². The van der Waals surface area contributed by atoms with Crippen LogP contribution in [-0.2, 0) is 4.79 Å². The highest BCUT2D eigenvalue weighted by atomic mass is 16.2. The molecular formula is C12H10N2O. The SMILES string of the molecule is O=C1NC2=CC=CCC2C1=C1C=CC=N1. The minimum Gasteiger partial charge on any atom is -0.325 e. The van der Waals surface area contributed by atoms with Crippen molar-refractivity contribution in [1.29, 1.82) is 0 Å². The van der Waals surface area contributed by atoms with E-state index in [0.717, 1.165) is 23.4 Å². The van der Waals surface area contributed by atoms with Crippen molar-refractivity contribution >= 4 is 12.1 Å². The molecule has 0 radical (unpaired) electrons. The molecule has 74 valence electrons. The van der Waals surface area contributed by atoms with Gasteiger partial charge in [-0.15, -0.1) is 0 Å². The molecule has 0 aromatic carbocycles. The molecule has 0 saturated carbocycles. The maximum Gasteiger partial charge on any atom is 0.254 e. The van der Waals surface area contributed by atoms with Crippen LogP contribution in [0.3, 0.4) is 0 Å². The molecule has 0 bridgehead atoms. The Labute approximate surface area is 87.6 Å². The van der Waals surface area contributed by atoms with E-state index in [0.29, 0.717) is 0 Å². The molecule has 1 aliphatic carbocycles. The van der Waals surface area contributed by atoms with Crippen molar-refractivity contribution in [2.75, 3.05) is 0 Å². The van der Waals surface area contributed by atoms with Crippen LogP contribution in [0.4, 0.5) is 0 Å². The van der Waals surface area contributed by atoms with E-state index < -0.39 is 0 Å². The molecule has 1 unspecified atom stereocenters. The van der Waals surface area contributed by atoms with Gasteiger partial charge in [0.15, 0.2) is 0 Å². The Hall–Kier alpha value is -1.90. The molecule has 0 aromatic heterocycles. The summed E-state index contributed by atoms with van der Waals surface area (Å²) in [5.41, 5.74) is 2.60. The average Bonchev–Trinajstić information content (AvgIpc) is 2.82. The third-order valence-corrected chi connectivity index (χ3v) is 2.84. The summed E-state index contributed by atoms with van der Waals surface area (Å²) in [5.74, 6) is 0.172. The molecule has 3 heteroatoms. The van der Waals surface area contributed by atoms with E-state index in [1.54, 1.807) is 6.21 Å². The fourth-order valence-corrected chi connectivity index (χ4v) is 2.14. The van der Waals surface area contributed by atoms with Gasteiger partial charge in [0.1, 0.15) is 0 Å². The van der Waals surface area contributed by atoms with Gasteiger partial charge in [-0.2, -0.15) is 0 Å². The third kappa shape index (κ3) is 1.20. The first-order valence-corrected chi connectivity index (χ1v) is 4.99. The Morgan fingerprint density at radius 2 is 2.33 bits per heavy atom. The maximum absolute atomic E-state index is 11.8. The highest BCUT2D eigenvalue weighted by Crippen LogP contribution is 2.34. The lowest BCUT2D eigenvalue weighted by molar-refractivity contribution is -0.116. The molecule has 3 aliphatic rings. The number of rotatable bonds is 0. The van der Waals surface area contributed by atoms with Gasteiger partial charge in [-0.1, -0.05) is 12.2 Å². The van der Waals surface area contributed by atoms with E-state index >= 15 is 0 Å². The Morgan fingerprint density at radius 1 is 1.40 bits per heavy atom. The molecule has 2 heterocycles. The number of carbonyl (C=O) groups is 1. The molecule has 1 amide bonds. The number of allylic oxidation sites excluding steroid dienone is 6. The lowest BCUT2D eigenvalue weighted by Crippen LogP contribution is -2.13. The van der Waals surface area contributed by atoms with Crippen LogP contribution >= 0.6 is 0 Å². The van der Waals surface area contributed by atoms with Gasteiger partial charge >= 0.3 is 0 Å². The molecule has 1 fully saturated rings. The van der Waals surface area contributed by atoms with Crippen molar-refractivity contribution in [2.24, 2.45) is 10.9 Å². The quantitative estimate of drug-likeness (QED) is 0.588. The van der Waals surface area contributed by atoms with Gasteiger partial charge in [0, 0.05) is 17.8 Å². The molecule has 2 aliphatic heterocycles. The fraction of sp³-hybridized carbons (Fsp3) is 0.167. The van der Waals surface area contributed by atoms with Crippen LogP contribution < -0.4 is 5.32 Å². The van der Waals surface area contributed by atoms with Crippen molar-refractivity contribution < 1.29 is 4.79 Å². The summed E-state index contributed by atoms with van der Waals surface area (Å²) < 4.78 is 0. The number of aliphatic imine (C=N–C) groups is 1. The lowest BCUT2D eigenvalue weighted by atomic mass is 9.91. The van der Waals surface area contributed by atoms with Crippen LogP contribution in [0.25, 0.3) is 0 Å². The Balaban J connectivity index is 2.10. The zero-order chi connectivity index (χ0) is 10.3. The summed E-state index contributed by atoms with van der Waals surface area (Å²) in [6, 6.07) is 0.